The molecular formula is C29H24F4N4O. The van der Waals surface area contributed by atoms with Gasteiger partial charge in [0.25, 0.3) is 0 Å². The van der Waals surface area contributed by atoms with Crippen molar-refractivity contribution in [3.63, 3.8) is 0 Å². The number of hydrogen-bond donors (Lipinski definition) is 1. The van der Waals surface area contributed by atoms with E-state index in [9.17, 15) is 27.6 Å². The highest BCUT2D eigenvalue weighted by atomic mass is 19.4. The summed E-state index contributed by atoms with van der Waals surface area (Å²) in [5.74, 6) is -0.677. The number of allylic oxidation sites excluding steroid dienone is 2. The average Bonchev–Trinajstić information content (AvgIpc) is 2.83. The number of halogens is 4. The number of carbonyl (C=O) groups is 1. The van der Waals surface area contributed by atoms with Crippen molar-refractivity contribution in [1.82, 2.24) is 9.97 Å². The first-order chi connectivity index (χ1) is 17.8. The monoisotopic (exact) mass is 520 g/mol. The molecule has 0 amide bonds. The first kappa shape index (κ1) is 25.6. The number of nitriles is 1. The van der Waals surface area contributed by atoms with E-state index in [1.807, 2.05) is 19.9 Å². The van der Waals surface area contributed by atoms with Gasteiger partial charge in [0.2, 0.25) is 0 Å². The number of benzene rings is 1. The summed E-state index contributed by atoms with van der Waals surface area (Å²) in [7, 11) is 0. The molecule has 38 heavy (non-hydrogen) atoms. The van der Waals surface area contributed by atoms with E-state index < -0.39 is 23.8 Å². The van der Waals surface area contributed by atoms with Gasteiger partial charge >= 0.3 is 6.18 Å². The van der Waals surface area contributed by atoms with Gasteiger partial charge < -0.3 is 5.32 Å². The van der Waals surface area contributed by atoms with Crippen LogP contribution in [-0.2, 0) is 16.6 Å². The van der Waals surface area contributed by atoms with E-state index in [0.717, 1.165) is 6.20 Å². The number of nitrogens with one attached hydrogen (secondary N) is 1. The molecule has 1 unspecified atom stereocenters. The molecule has 0 radical (unpaired) electrons. The van der Waals surface area contributed by atoms with Crippen LogP contribution in [0.2, 0.25) is 0 Å². The molecule has 1 N–H and O–H groups in total. The molecule has 0 saturated heterocycles. The first-order valence-corrected chi connectivity index (χ1v) is 12.1. The summed E-state index contributed by atoms with van der Waals surface area (Å²) in [6, 6.07) is 10.3. The summed E-state index contributed by atoms with van der Waals surface area (Å²) in [5.41, 5.74) is 0.828. The minimum absolute atomic E-state index is 0.00818. The SMILES string of the molecule is CC1(C)CC(=O)C2=C(C1)Nc1ncc(F)c(C#N)c1C2(C)c1cccc(-c2ccncc2CC(F)(F)F)c1. The standard InChI is InChI=1S/C29H24F4N4O/c1-27(2)11-22-25(23(38)12-27)28(3,24-20(13-34)21(30)15-36-26(24)37-22)18-6-4-5-16(9-18)19-7-8-35-14-17(19)10-29(31,32)33/h4-9,14-15H,10-12H2,1-3H3,(H,36,37). The summed E-state index contributed by atoms with van der Waals surface area (Å²) in [6.45, 7) is 5.71. The lowest BCUT2D eigenvalue weighted by atomic mass is 9.61. The third-order valence-electron chi connectivity index (χ3n) is 7.33. The zero-order valence-corrected chi connectivity index (χ0v) is 21.0. The van der Waals surface area contributed by atoms with Crippen LogP contribution in [-0.4, -0.2) is 21.9 Å². The zero-order chi connectivity index (χ0) is 27.5. The number of anilines is 1. The van der Waals surface area contributed by atoms with Crippen molar-refractivity contribution < 1.29 is 22.4 Å². The van der Waals surface area contributed by atoms with Crippen molar-refractivity contribution in [2.75, 3.05) is 5.32 Å². The molecule has 9 heteroatoms. The Hall–Kier alpha value is -4.06. The highest BCUT2D eigenvalue weighted by molar-refractivity contribution is 6.03. The van der Waals surface area contributed by atoms with Gasteiger partial charge in [-0.2, -0.15) is 18.4 Å². The van der Waals surface area contributed by atoms with Crippen molar-refractivity contribution >= 4 is 11.6 Å². The van der Waals surface area contributed by atoms with Gasteiger partial charge in [0.05, 0.1) is 23.6 Å². The number of ketones is 1. The van der Waals surface area contributed by atoms with E-state index in [4.69, 9.17) is 0 Å². The summed E-state index contributed by atoms with van der Waals surface area (Å²) >= 11 is 0. The molecule has 0 saturated carbocycles. The number of rotatable bonds is 3. The Kier molecular flexibility index (Phi) is 5.90. The second-order valence-corrected chi connectivity index (χ2v) is 10.8. The van der Waals surface area contributed by atoms with Gasteiger partial charge in [-0.1, -0.05) is 32.0 Å². The number of carbonyl (C=O) groups excluding carboxylic acids is 1. The largest absolute Gasteiger partial charge is 0.393 e. The fraction of sp³-hybridized carbons (Fsp3) is 0.310. The van der Waals surface area contributed by atoms with Gasteiger partial charge in [0.1, 0.15) is 11.9 Å². The molecule has 5 rings (SSSR count). The molecule has 3 heterocycles. The second kappa shape index (κ2) is 8.76. The van der Waals surface area contributed by atoms with E-state index in [1.54, 1.807) is 31.2 Å². The number of pyridine rings is 2. The van der Waals surface area contributed by atoms with E-state index in [0.29, 0.717) is 34.4 Å². The molecule has 1 atom stereocenters. The van der Waals surface area contributed by atoms with E-state index in [1.165, 1.54) is 18.5 Å². The average molecular weight is 521 g/mol. The lowest BCUT2D eigenvalue weighted by molar-refractivity contribution is -0.127. The summed E-state index contributed by atoms with van der Waals surface area (Å²) in [4.78, 5) is 21.8. The molecule has 2 aliphatic rings. The predicted molar refractivity (Wildman–Crippen MR) is 133 cm³/mol. The molecule has 1 aliphatic carbocycles. The number of aromatic nitrogens is 2. The quantitative estimate of drug-likeness (QED) is 0.392. The van der Waals surface area contributed by atoms with E-state index in [2.05, 4.69) is 15.3 Å². The Bertz CT molecular complexity index is 1550. The van der Waals surface area contributed by atoms with Gasteiger partial charge in [-0.05, 0) is 53.1 Å². The normalized spacial score (nSPS) is 20.3. The summed E-state index contributed by atoms with van der Waals surface area (Å²) in [6.07, 6.45) is -1.21. The molecule has 194 valence electrons. The highest BCUT2D eigenvalue weighted by Gasteiger charge is 2.49. The number of nitrogens with zero attached hydrogens (tertiary/aromatic N) is 3. The smallest absolute Gasteiger partial charge is 0.343 e. The molecule has 0 spiro atoms. The van der Waals surface area contributed by atoms with Crippen molar-refractivity contribution in [3.8, 4) is 17.2 Å². The Labute approximate surface area is 217 Å². The van der Waals surface area contributed by atoms with Gasteiger partial charge in [-0.15, -0.1) is 0 Å². The van der Waals surface area contributed by atoms with Gasteiger partial charge in [0.15, 0.2) is 11.6 Å². The Balaban J connectivity index is 1.78. The lowest BCUT2D eigenvalue weighted by Gasteiger charge is -2.45. The van der Waals surface area contributed by atoms with Crippen LogP contribution >= 0.6 is 0 Å². The lowest BCUT2D eigenvalue weighted by Crippen LogP contribution is -2.43. The van der Waals surface area contributed by atoms with Crippen LogP contribution in [0.5, 0.6) is 0 Å². The molecular weight excluding hydrogens is 496 g/mol. The van der Waals surface area contributed by atoms with Crippen molar-refractivity contribution in [2.24, 2.45) is 5.41 Å². The van der Waals surface area contributed by atoms with Gasteiger partial charge in [0, 0.05) is 35.6 Å². The van der Waals surface area contributed by atoms with E-state index in [-0.39, 0.29) is 40.1 Å². The van der Waals surface area contributed by atoms with Crippen LogP contribution in [0.3, 0.4) is 0 Å². The molecule has 2 aromatic heterocycles. The fourth-order valence-electron chi connectivity index (χ4n) is 5.81. The van der Waals surface area contributed by atoms with Crippen molar-refractivity contribution in [3.05, 3.63) is 88.3 Å². The number of alkyl halides is 3. The molecule has 0 fully saturated rings. The minimum Gasteiger partial charge on any atom is -0.343 e. The predicted octanol–water partition coefficient (Wildman–Crippen LogP) is 6.63. The topological polar surface area (TPSA) is 78.7 Å². The second-order valence-electron chi connectivity index (χ2n) is 10.8. The number of Topliss-reactive ketones (excluding diaryl/α,β-unsaturated/α-hetero) is 1. The Morgan fingerprint density at radius 2 is 1.89 bits per heavy atom. The fourth-order valence-corrected chi connectivity index (χ4v) is 5.81. The first-order valence-electron chi connectivity index (χ1n) is 12.1. The summed E-state index contributed by atoms with van der Waals surface area (Å²) in [5, 5.41) is 13.1. The highest BCUT2D eigenvalue weighted by Crippen LogP contribution is 2.53. The maximum absolute atomic E-state index is 14.9. The Morgan fingerprint density at radius 3 is 2.61 bits per heavy atom. The number of fused-ring (bicyclic) bond motifs is 1. The third-order valence-corrected chi connectivity index (χ3v) is 7.33. The van der Waals surface area contributed by atoms with Crippen LogP contribution in [0.4, 0.5) is 23.4 Å². The Morgan fingerprint density at radius 1 is 1.13 bits per heavy atom. The van der Waals surface area contributed by atoms with Crippen LogP contribution in [0.15, 0.2) is 60.2 Å². The molecule has 1 aromatic carbocycles. The molecule has 0 bridgehead atoms. The van der Waals surface area contributed by atoms with Gasteiger partial charge in [-0.3, -0.25) is 9.78 Å². The third kappa shape index (κ3) is 4.24. The van der Waals surface area contributed by atoms with Crippen molar-refractivity contribution in [1.29, 1.82) is 5.26 Å². The minimum atomic E-state index is -4.43. The molecule has 1 aliphatic heterocycles. The van der Waals surface area contributed by atoms with E-state index >= 15 is 0 Å². The van der Waals surface area contributed by atoms with Crippen LogP contribution in [0, 0.1) is 22.6 Å². The molecule has 5 nitrogen and oxygen atoms in total. The van der Waals surface area contributed by atoms with Crippen LogP contribution in [0.25, 0.3) is 11.1 Å². The van der Waals surface area contributed by atoms with Crippen molar-refractivity contribution in [2.45, 2.75) is 51.6 Å². The maximum atomic E-state index is 14.9. The zero-order valence-electron chi connectivity index (χ0n) is 21.0. The van der Waals surface area contributed by atoms with Crippen LogP contribution in [0.1, 0.15) is 55.9 Å². The van der Waals surface area contributed by atoms with Gasteiger partial charge in [-0.25, -0.2) is 9.37 Å². The summed E-state index contributed by atoms with van der Waals surface area (Å²) < 4.78 is 54.8. The molecule has 3 aromatic rings. The number of hydrogen-bond acceptors (Lipinski definition) is 5. The maximum Gasteiger partial charge on any atom is 0.393 e. The van der Waals surface area contributed by atoms with Crippen LogP contribution < -0.4 is 5.32 Å².